The van der Waals surface area contributed by atoms with E-state index in [9.17, 15) is 19.7 Å². The van der Waals surface area contributed by atoms with E-state index in [0.717, 1.165) is 6.08 Å². The Morgan fingerprint density at radius 3 is 2.42 bits per heavy atom. The summed E-state index contributed by atoms with van der Waals surface area (Å²) in [4.78, 5) is 33.1. The van der Waals surface area contributed by atoms with Crippen LogP contribution in [0.2, 0.25) is 0 Å². The molecule has 0 radical (unpaired) electrons. The van der Waals surface area contributed by atoms with Gasteiger partial charge in [0.15, 0.2) is 0 Å². The molecule has 0 spiro atoms. The number of carbonyl (C=O) groups is 2. The van der Waals surface area contributed by atoms with Gasteiger partial charge >= 0.3 is 5.97 Å². The number of anilines is 1. The quantitative estimate of drug-likeness (QED) is 0.299. The number of rotatable bonds is 5. The van der Waals surface area contributed by atoms with Gasteiger partial charge in [0.1, 0.15) is 5.75 Å². The molecule has 1 amide bonds. The van der Waals surface area contributed by atoms with E-state index in [1.165, 1.54) is 37.3 Å². The zero-order valence-corrected chi connectivity index (χ0v) is 12.8. The minimum Gasteiger partial charge on any atom is -0.423 e. The lowest BCUT2D eigenvalue weighted by Crippen LogP contribution is -2.06. The van der Waals surface area contributed by atoms with Gasteiger partial charge in [-0.1, -0.05) is 12.1 Å². The number of nitrogens with one attached hydrogen (secondary N) is 1. The van der Waals surface area contributed by atoms with Gasteiger partial charge in [0.25, 0.3) is 5.69 Å². The number of carbonyl (C=O) groups excluding carboxylic acids is 2. The SMILES string of the molecule is CC(=O)Nc1ccc(OC(=O)/C=C/c2ccccc2[N+](=O)[O-])cc1. The summed E-state index contributed by atoms with van der Waals surface area (Å²) in [5.41, 5.74) is 0.791. The Morgan fingerprint density at radius 1 is 1.12 bits per heavy atom. The second-order valence-corrected chi connectivity index (χ2v) is 4.78. The van der Waals surface area contributed by atoms with E-state index in [-0.39, 0.29) is 11.6 Å². The van der Waals surface area contributed by atoms with Crippen molar-refractivity contribution in [2.45, 2.75) is 6.92 Å². The van der Waals surface area contributed by atoms with Crippen LogP contribution in [-0.2, 0) is 9.59 Å². The summed E-state index contributed by atoms with van der Waals surface area (Å²) >= 11 is 0. The van der Waals surface area contributed by atoms with Crippen LogP contribution >= 0.6 is 0 Å². The van der Waals surface area contributed by atoms with Crippen molar-refractivity contribution in [2.75, 3.05) is 5.32 Å². The van der Waals surface area contributed by atoms with Gasteiger partial charge in [-0.3, -0.25) is 14.9 Å². The summed E-state index contributed by atoms with van der Waals surface area (Å²) in [6.45, 7) is 1.39. The number of esters is 1. The minimum absolute atomic E-state index is 0.0961. The van der Waals surface area contributed by atoms with Crippen molar-refractivity contribution in [1.82, 2.24) is 0 Å². The van der Waals surface area contributed by atoms with Crippen molar-refractivity contribution in [3.8, 4) is 5.75 Å². The van der Waals surface area contributed by atoms with Crippen molar-refractivity contribution in [3.05, 3.63) is 70.3 Å². The summed E-state index contributed by atoms with van der Waals surface area (Å²) in [6, 6.07) is 12.3. The Balaban J connectivity index is 2.03. The number of para-hydroxylation sites is 1. The smallest absolute Gasteiger partial charge is 0.336 e. The predicted octanol–water partition coefficient (Wildman–Crippen LogP) is 3.17. The van der Waals surface area contributed by atoms with Crippen molar-refractivity contribution < 1.29 is 19.2 Å². The average Bonchev–Trinajstić information content (AvgIpc) is 2.54. The molecule has 2 rings (SSSR count). The molecule has 1 N–H and O–H groups in total. The number of hydrogen-bond donors (Lipinski definition) is 1. The minimum atomic E-state index is -0.666. The van der Waals surface area contributed by atoms with Crippen molar-refractivity contribution >= 4 is 29.3 Å². The number of hydrogen-bond acceptors (Lipinski definition) is 5. The van der Waals surface area contributed by atoms with E-state index in [2.05, 4.69) is 5.32 Å². The molecule has 0 fully saturated rings. The second-order valence-electron chi connectivity index (χ2n) is 4.78. The van der Waals surface area contributed by atoms with Gasteiger partial charge in [-0.2, -0.15) is 0 Å². The molecule has 0 bridgehead atoms. The molecule has 7 heteroatoms. The molecule has 24 heavy (non-hydrogen) atoms. The third kappa shape index (κ3) is 4.77. The fourth-order valence-electron chi connectivity index (χ4n) is 1.91. The molecule has 0 saturated heterocycles. The van der Waals surface area contributed by atoms with E-state index in [4.69, 9.17) is 4.74 Å². The summed E-state index contributed by atoms with van der Waals surface area (Å²) in [7, 11) is 0. The van der Waals surface area contributed by atoms with Gasteiger partial charge in [0.2, 0.25) is 5.91 Å². The highest BCUT2D eigenvalue weighted by atomic mass is 16.6. The molecule has 0 unspecified atom stereocenters. The highest BCUT2D eigenvalue weighted by Crippen LogP contribution is 2.19. The van der Waals surface area contributed by atoms with Crippen LogP contribution in [0.4, 0.5) is 11.4 Å². The number of amides is 1. The first-order valence-electron chi connectivity index (χ1n) is 6.96. The van der Waals surface area contributed by atoms with E-state index in [1.807, 2.05) is 0 Å². The monoisotopic (exact) mass is 326 g/mol. The van der Waals surface area contributed by atoms with E-state index in [0.29, 0.717) is 17.0 Å². The van der Waals surface area contributed by atoms with Crippen LogP contribution in [0.3, 0.4) is 0 Å². The maximum absolute atomic E-state index is 11.8. The maximum Gasteiger partial charge on any atom is 0.336 e. The lowest BCUT2D eigenvalue weighted by atomic mass is 10.1. The van der Waals surface area contributed by atoms with Crippen molar-refractivity contribution in [3.63, 3.8) is 0 Å². The standard InChI is InChI=1S/C17H14N2O5/c1-12(20)18-14-7-9-15(10-8-14)24-17(21)11-6-13-4-2-3-5-16(13)19(22)23/h2-11H,1H3,(H,18,20)/b11-6+. The first kappa shape index (κ1) is 16.9. The molecule has 0 saturated carbocycles. The zero-order valence-electron chi connectivity index (χ0n) is 12.8. The van der Waals surface area contributed by atoms with Crippen molar-refractivity contribution in [1.29, 1.82) is 0 Å². The van der Waals surface area contributed by atoms with E-state index in [1.54, 1.807) is 24.3 Å². The lowest BCUT2D eigenvalue weighted by Gasteiger charge is -2.04. The average molecular weight is 326 g/mol. The van der Waals surface area contributed by atoms with Gasteiger partial charge in [-0.15, -0.1) is 0 Å². The van der Waals surface area contributed by atoms with Crippen LogP contribution in [0.1, 0.15) is 12.5 Å². The van der Waals surface area contributed by atoms with Crippen molar-refractivity contribution in [2.24, 2.45) is 0 Å². The first-order chi connectivity index (χ1) is 11.5. The number of benzene rings is 2. The molecule has 7 nitrogen and oxygen atoms in total. The summed E-state index contributed by atoms with van der Waals surface area (Å²) in [5, 5.41) is 13.5. The fourth-order valence-corrected chi connectivity index (χ4v) is 1.91. The van der Waals surface area contributed by atoms with E-state index >= 15 is 0 Å². The summed E-state index contributed by atoms with van der Waals surface area (Å²) < 4.78 is 5.09. The number of ether oxygens (including phenoxy) is 1. The fraction of sp³-hybridized carbons (Fsp3) is 0.0588. The first-order valence-corrected chi connectivity index (χ1v) is 6.96. The number of nitro benzene ring substituents is 1. The molecular weight excluding hydrogens is 312 g/mol. The second kappa shape index (κ2) is 7.68. The van der Waals surface area contributed by atoms with Crippen LogP contribution in [0.5, 0.6) is 5.75 Å². The van der Waals surface area contributed by atoms with Gasteiger partial charge in [-0.25, -0.2) is 4.79 Å². The van der Waals surface area contributed by atoms with Crippen LogP contribution in [0.15, 0.2) is 54.6 Å². The molecule has 0 heterocycles. The third-order valence-corrected chi connectivity index (χ3v) is 2.93. The summed E-state index contributed by atoms with van der Waals surface area (Å²) in [5.74, 6) is -0.575. The zero-order chi connectivity index (χ0) is 17.5. The van der Waals surface area contributed by atoms with Gasteiger partial charge in [0, 0.05) is 24.8 Å². The Kier molecular flexibility index (Phi) is 5.40. The molecule has 2 aromatic rings. The Bertz CT molecular complexity index is 797. The third-order valence-electron chi connectivity index (χ3n) is 2.93. The number of nitrogens with zero attached hydrogens (tertiary/aromatic N) is 1. The molecule has 0 atom stereocenters. The highest BCUT2D eigenvalue weighted by molar-refractivity contribution is 5.90. The molecule has 0 aliphatic carbocycles. The Morgan fingerprint density at radius 2 is 1.79 bits per heavy atom. The van der Waals surface area contributed by atoms with Crippen LogP contribution < -0.4 is 10.1 Å². The van der Waals surface area contributed by atoms with E-state index < -0.39 is 10.9 Å². The largest absolute Gasteiger partial charge is 0.423 e. The Hall–Kier alpha value is -3.48. The number of nitro groups is 1. The molecule has 2 aromatic carbocycles. The predicted molar refractivity (Wildman–Crippen MR) is 88.5 cm³/mol. The molecule has 122 valence electrons. The molecular formula is C17H14N2O5. The van der Waals surface area contributed by atoms with Gasteiger partial charge < -0.3 is 10.1 Å². The van der Waals surface area contributed by atoms with Gasteiger partial charge in [0.05, 0.1) is 10.5 Å². The van der Waals surface area contributed by atoms with Crippen LogP contribution in [0.25, 0.3) is 6.08 Å². The van der Waals surface area contributed by atoms with Gasteiger partial charge in [-0.05, 0) is 36.4 Å². The summed E-state index contributed by atoms with van der Waals surface area (Å²) in [6.07, 6.45) is 2.44. The normalized spacial score (nSPS) is 10.4. The van der Waals surface area contributed by atoms with Crippen LogP contribution in [0, 0.1) is 10.1 Å². The molecule has 0 aliphatic rings. The maximum atomic E-state index is 11.8. The molecule has 0 aliphatic heterocycles. The van der Waals surface area contributed by atoms with Crippen LogP contribution in [-0.4, -0.2) is 16.8 Å². The highest BCUT2D eigenvalue weighted by Gasteiger charge is 2.10. The topological polar surface area (TPSA) is 98.5 Å². The Labute approximate surface area is 137 Å². The lowest BCUT2D eigenvalue weighted by molar-refractivity contribution is -0.385. The molecule has 0 aromatic heterocycles.